The normalized spacial score (nSPS) is 10.1. The van der Waals surface area contributed by atoms with E-state index in [0.717, 1.165) is 17.3 Å². The van der Waals surface area contributed by atoms with Crippen molar-refractivity contribution in [2.45, 2.75) is 19.3 Å². The molecule has 0 spiro atoms. The number of benzene rings is 1. The molecule has 1 rings (SSSR count). The Kier molecular flexibility index (Phi) is 5.07. The maximum Gasteiger partial charge on any atom is 0.162 e. The van der Waals surface area contributed by atoms with E-state index < -0.39 is 0 Å². The summed E-state index contributed by atoms with van der Waals surface area (Å²) < 4.78 is 13.8. The number of ketones is 1. The zero-order valence-electron chi connectivity index (χ0n) is 7.80. The Morgan fingerprint density at radius 2 is 2.14 bits per heavy atom. The number of alkyl halides is 1. The highest BCUT2D eigenvalue weighted by molar-refractivity contribution is 14.1. The highest BCUT2D eigenvalue weighted by Crippen LogP contribution is 2.09. The van der Waals surface area contributed by atoms with E-state index in [2.05, 4.69) is 22.6 Å². The molecule has 1 aromatic carbocycles. The molecule has 1 nitrogen and oxygen atoms in total. The van der Waals surface area contributed by atoms with Crippen LogP contribution in [0.4, 0.5) is 4.39 Å². The van der Waals surface area contributed by atoms with Crippen LogP contribution in [0.2, 0.25) is 0 Å². The van der Waals surface area contributed by atoms with E-state index in [1.54, 1.807) is 12.1 Å². The van der Waals surface area contributed by atoms with E-state index in [9.17, 15) is 9.18 Å². The number of unbranched alkanes of at least 4 members (excludes halogenated alkanes) is 1. The Labute approximate surface area is 96.8 Å². The molecule has 0 aliphatic heterocycles. The lowest BCUT2D eigenvalue weighted by molar-refractivity contribution is 0.0979. The lowest BCUT2D eigenvalue weighted by atomic mass is 10.1. The number of hydrogen-bond donors (Lipinski definition) is 0. The van der Waals surface area contributed by atoms with Crippen LogP contribution < -0.4 is 0 Å². The molecule has 0 heterocycles. The third-order valence-electron chi connectivity index (χ3n) is 1.93. The smallest absolute Gasteiger partial charge is 0.162 e. The van der Waals surface area contributed by atoms with Gasteiger partial charge in [-0.3, -0.25) is 4.79 Å². The quantitative estimate of drug-likeness (QED) is 0.351. The molecule has 0 bridgehead atoms. The first-order chi connectivity index (χ1) is 6.74. The number of Topliss-reactive ketones (excluding diaryl/α,β-unsaturated/α-hetero) is 1. The molecule has 0 atom stereocenters. The summed E-state index contributed by atoms with van der Waals surface area (Å²) in [5.74, 6) is -0.306. The molecule has 0 aliphatic rings. The molecule has 0 unspecified atom stereocenters. The number of carbonyl (C=O) groups excluding carboxylic acids is 1. The van der Waals surface area contributed by atoms with Crippen molar-refractivity contribution < 1.29 is 9.18 Å². The molecule has 0 saturated carbocycles. The summed E-state index contributed by atoms with van der Waals surface area (Å²) in [6.45, 7) is 0. The first kappa shape index (κ1) is 11.6. The molecule has 0 aliphatic carbocycles. The van der Waals surface area contributed by atoms with Gasteiger partial charge < -0.3 is 0 Å². The van der Waals surface area contributed by atoms with E-state index in [0.29, 0.717) is 12.0 Å². The van der Waals surface area contributed by atoms with Gasteiger partial charge in [-0.25, -0.2) is 4.39 Å². The SMILES string of the molecule is O=C(CCCCI)c1cccc(F)c1. The summed E-state index contributed by atoms with van der Waals surface area (Å²) >= 11 is 2.28. The van der Waals surface area contributed by atoms with Crippen LogP contribution in [0.5, 0.6) is 0 Å². The van der Waals surface area contributed by atoms with Crippen LogP contribution in [-0.2, 0) is 0 Å². The van der Waals surface area contributed by atoms with Gasteiger partial charge >= 0.3 is 0 Å². The van der Waals surface area contributed by atoms with Gasteiger partial charge in [0.05, 0.1) is 0 Å². The van der Waals surface area contributed by atoms with Crippen molar-refractivity contribution in [3.05, 3.63) is 35.6 Å². The number of halogens is 2. The second kappa shape index (κ2) is 6.11. The molecule has 14 heavy (non-hydrogen) atoms. The molecule has 76 valence electrons. The molecule has 0 aromatic heterocycles. The van der Waals surface area contributed by atoms with Gasteiger partial charge in [-0.1, -0.05) is 34.7 Å². The third kappa shape index (κ3) is 3.74. The summed E-state index contributed by atoms with van der Waals surface area (Å²) in [4.78, 5) is 11.5. The van der Waals surface area contributed by atoms with E-state index in [1.165, 1.54) is 12.1 Å². The molecule has 0 radical (unpaired) electrons. The average molecular weight is 306 g/mol. The first-order valence-corrected chi connectivity index (χ1v) is 6.11. The van der Waals surface area contributed by atoms with E-state index in [-0.39, 0.29) is 11.6 Å². The average Bonchev–Trinajstić information content (AvgIpc) is 2.18. The summed E-state index contributed by atoms with van der Waals surface area (Å²) in [6, 6.07) is 5.88. The molecular weight excluding hydrogens is 294 g/mol. The van der Waals surface area contributed by atoms with Crippen molar-refractivity contribution in [3.63, 3.8) is 0 Å². The van der Waals surface area contributed by atoms with E-state index in [1.807, 2.05) is 0 Å². The van der Waals surface area contributed by atoms with Crippen LogP contribution in [-0.4, -0.2) is 10.2 Å². The predicted octanol–water partition coefficient (Wildman–Crippen LogP) is 3.61. The minimum Gasteiger partial charge on any atom is -0.294 e. The highest BCUT2D eigenvalue weighted by atomic mass is 127. The van der Waals surface area contributed by atoms with Crippen molar-refractivity contribution in [1.29, 1.82) is 0 Å². The van der Waals surface area contributed by atoms with E-state index >= 15 is 0 Å². The largest absolute Gasteiger partial charge is 0.294 e. The minimum atomic E-state index is -0.343. The zero-order chi connectivity index (χ0) is 10.4. The molecule has 0 fully saturated rings. The van der Waals surface area contributed by atoms with Crippen molar-refractivity contribution in [2.75, 3.05) is 4.43 Å². The Balaban J connectivity index is 2.52. The summed E-state index contributed by atoms with van der Waals surface area (Å²) in [7, 11) is 0. The maximum atomic E-state index is 12.8. The summed E-state index contributed by atoms with van der Waals surface area (Å²) in [6.07, 6.45) is 2.45. The number of carbonyl (C=O) groups is 1. The third-order valence-corrected chi connectivity index (χ3v) is 2.70. The topological polar surface area (TPSA) is 17.1 Å². The zero-order valence-corrected chi connectivity index (χ0v) is 9.96. The Bertz CT molecular complexity index is 312. The van der Waals surface area contributed by atoms with Crippen LogP contribution in [0.1, 0.15) is 29.6 Å². The lowest BCUT2D eigenvalue weighted by Gasteiger charge is -1.99. The molecule has 0 amide bonds. The van der Waals surface area contributed by atoms with Crippen LogP contribution in [0, 0.1) is 5.82 Å². The molecular formula is C11H12FIO. The fourth-order valence-electron chi connectivity index (χ4n) is 1.19. The molecule has 1 aromatic rings. The van der Waals surface area contributed by atoms with Crippen LogP contribution in [0.3, 0.4) is 0 Å². The van der Waals surface area contributed by atoms with Crippen molar-refractivity contribution in [3.8, 4) is 0 Å². The number of hydrogen-bond acceptors (Lipinski definition) is 1. The first-order valence-electron chi connectivity index (χ1n) is 4.59. The van der Waals surface area contributed by atoms with Crippen molar-refractivity contribution >= 4 is 28.4 Å². The predicted molar refractivity (Wildman–Crippen MR) is 63.5 cm³/mol. The Morgan fingerprint density at radius 1 is 1.36 bits per heavy atom. The second-order valence-electron chi connectivity index (χ2n) is 3.08. The minimum absolute atomic E-state index is 0.0364. The van der Waals surface area contributed by atoms with Gasteiger partial charge in [0.2, 0.25) is 0 Å². The van der Waals surface area contributed by atoms with Crippen molar-refractivity contribution in [1.82, 2.24) is 0 Å². The van der Waals surface area contributed by atoms with Gasteiger partial charge in [-0.15, -0.1) is 0 Å². The van der Waals surface area contributed by atoms with Crippen LogP contribution in [0.25, 0.3) is 0 Å². The molecule has 0 N–H and O–H groups in total. The Hall–Kier alpha value is -0.450. The van der Waals surface area contributed by atoms with Gasteiger partial charge in [-0.05, 0) is 29.4 Å². The van der Waals surface area contributed by atoms with Gasteiger partial charge in [0.1, 0.15) is 5.82 Å². The standard InChI is InChI=1S/C11H12FIO/c12-10-5-3-4-9(8-10)11(14)6-1-2-7-13/h3-5,8H,1-2,6-7H2. The monoisotopic (exact) mass is 306 g/mol. The van der Waals surface area contributed by atoms with Gasteiger partial charge in [0.15, 0.2) is 5.78 Å². The van der Waals surface area contributed by atoms with Gasteiger partial charge in [-0.2, -0.15) is 0 Å². The van der Waals surface area contributed by atoms with Crippen LogP contribution >= 0.6 is 22.6 Å². The summed E-state index contributed by atoms with van der Waals surface area (Å²) in [5, 5.41) is 0. The molecule has 0 saturated heterocycles. The molecule has 3 heteroatoms. The fraction of sp³-hybridized carbons (Fsp3) is 0.364. The maximum absolute atomic E-state index is 12.8. The van der Waals surface area contributed by atoms with Gasteiger partial charge in [0, 0.05) is 12.0 Å². The van der Waals surface area contributed by atoms with Crippen molar-refractivity contribution in [2.24, 2.45) is 0 Å². The van der Waals surface area contributed by atoms with E-state index in [4.69, 9.17) is 0 Å². The Morgan fingerprint density at radius 3 is 2.79 bits per heavy atom. The van der Waals surface area contributed by atoms with Crippen LogP contribution in [0.15, 0.2) is 24.3 Å². The van der Waals surface area contributed by atoms with Gasteiger partial charge in [0.25, 0.3) is 0 Å². The summed E-state index contributed by atoms with van der Waals surface area (Å²) in [5.41, 5.74) is 0.485. The lowest BCUT2D eigenvalue weighted by Crippen LogP contribution is -1.99. The number of rotatable bonds is 5. The second-order valence-corrected chi connectivity index (χ2v) is 4.16. The highest BCUT2D eigenvalue weighted by Gasteiger charge is 2.05. The fourth-order valence-corrected chi connectivity index (χ4v) is 1.73.